The van der Waals surface area contributed by atoms with E-state index in [1.165, 1.54) is 0 Å². The largest absolute Gasteiger partial charge is 0.460 e. The van der Waals surface area contributed by atoms with E-state index < -0.39 is 23.0 Å². The zero-order valence-corrected chi connectivity index (χ0v) is 15.6. The van der Waals surface area contributed by atoms with Crippen LogP contribution in [0.1, 0.15) is 12.5 Å². The Morgan fingerprint density at radius 2 is 1.81 bits per heavy atom. The summed E-state index contributed by atoms with van der Waals surface area (Å²) in [4.78, 5) is 16.3. The van der Waals surface area contributed by atoms with Gasteiger partial charge in [0.25, 0.3) is 0 Å². The SMILES string of the molecule is CC(NS(=O)c1nc(-c2ccccc2)ns1)C(=O)OCc1ccccc1. The molecule has 3 rings (SSSR count). The number of rotatable bonds is 7. The van der Waals surface area contributed by atoms with E-state index >= 15 is 0 Å². The van der Waals surface area contributed by atoms with E-state index in [1.807, 2.05) is 60.7 Å². The highest BCUT2D eigenvalue weighted by molar-refractivity contribution is 7.85. The van der Waals surface area contributed by atoms with Gasteiger partial charge in [-0.05, 0) is 24.0 Å². The molecule has 1 aromatic heterocycles. The minimum absolute atomic E-state index is 0.176. The Morgan fingerprint density at radius 1 is 1.15 bits per heavy atom. The van der Waals surface area contributed by atoms with Gasteiger partial charge in [0.2, 0.25) is 4.34 Å². The van der Waals surface area contributed by atoms with Crippen molar-refractivity contribution in [1.29, 1.82) is 0 Å². The van der Waals surface area contributed by atoms with Crippen molar-refractivity contribution in [3.63, 3.8) is 0 Å². The molecule has 6 nitrogen and oxygen atoms in total. The van der Waals surface area contributed by atoms with Gasteiger partial charge < -0.3 is 4.74 Å². The smallest absolute Gasteiger partial charge is 0.324 e. The number of benzene rings is 2. The van der Waals surface area contributed by atoms with E-state index in [1.54, 1.807) is 6.92 Å². The van der Waals surface area contributed by atoms with Gasteiger partial charge in [0, 0.05) is 5.56 Å². The van der Waals surface area contributed by atoms with Crippen LogP contribution in [0.15, 0.2) is 65.0 Å². The summed E-state index contributed by atoms with van der Waals surface area (Å²) in [6.07, 6.45) is 0. The van der Waals surface area contributed by atoms with Crippen molar-refractivity contribution in [2.24, 2.45) is 0 Å². The molecule has 26 heavy (non-hydrogen) atoms. The lowest BCUT2D eigenvalue weighted by Crippen LogP contribution is -2.36. The van der Waals surface area contributed by atoms with Gasteiger partial charge in [0.15, 0.2) is 16.8 Å². The van der Waals surface area contributed by atoms with Gasteiger partial charge >= 0.3 is 5.97 Å². The third-order valence-electron chi connectivity index (χ3n) is 3.46. The van der Waals surface area contributed by atoms with Gasteiger partial charge in [-0.2, -0.15) is 4.37 Å². The van der Waals surface area contributed by atoms with Crippen LogP contribution in [0.5, 0.6) is 0 Å². The zero-order chi connectivity index (χ0) is 18.4. The van der Waals surface area contributed by atoms with Crippen LogP contribution in [0.3, 0.4) is 0 Å². The number of ether oxygens (including phenoxy) is 1. The third-order valence-corrected chi connectivity index (χ3v) is 5.62. The maximum Gasteiger partial charge on any atom is 0.324 e. The Hall–Kier alpha value is -2.42. The number of aromatic nitrogens is 2. The van der Waals surface area contributed by atoms with Crippen molar-refractivity contribution in [1.82, 2.24) is 14.1 Å². The molecule has 134 valence electrons. The van der Waals surface area contributed by atoms with Crippen LogP contribution in [0, 0.1) is 0 Å². The lowest BCUT2D eigenvalue weighted by Gasteiger charge is -2.11. The minimum atomic E-state index is -1.64. The molecule has 2 atom stereocenters. The molecular formula is C18H17N3O3S2. The van der Waals surface area contributed by atoms with Gasteiger partial charge in [0.05, 0.1) is 0 Å². The average Bonchev–Trinajstić information content (AvgIpc) is 3.18. The molecule has 0 saturated carbocycles. The van der Waals surface area contributed by atoms with Gasteiger partial charge in [-0.25, -0.2) is 13.9 Å². The third kappa shape index (κ3) is 4.81. The first-order valence-electron chi connectivity index (χ1n) is 7.91. The van der Waals surface area contributed by atoms with Gasteiger partial charge in [0.1, 0.15) is 12.6 Å². The van der Waals surface area contributed by atoms with Crippen LogP contribution in [0.4, 0.5) is 0 Å². The predicted molar refractivity (Wildman–Crippen MR) is 101 cm³/mol. The van der Waals surface area contributed by atoms with Gasteiger partial charge in [-0.1, -0.05) is 60.7 Å². The fraction of sp³-hybridized carbons (Fsp3) is 0.167. The van der Waals surface area contributed by atoms with Crippen molar-refractivity contribution in [2.45, 2.75) is 23.9 Å². The van der Waals surface area contributed by atoms with Crippen molar-refractivity contribution >= 4 is 28.5 Å². The Labute approximate surface area is 158 Å². The molecule has 2 unspecified atom stereocenters. The number of hydrogen-bond donors (Lipinski definition) is 1. The summed E-state index contributed by atoms with van der Waals surface area (Å²) in [5.41, 5.74) is 1.74. The second kappa shape index (κ2) is 8.79. The molecule has 0 fully saturated rings. The number of esters is 1. The molecule has 8 heteroatoms. The first kappa shape index (κ1) is 18.4. The fourth-order valence-electron chi connectivity index (χ4n) is 2.10. The van der Waals surface area contributed by atoms with E-state index in [4.69, 9.17) is 4.74 Å². The van der Waals surface area contributed by atoms with Crippen LogP contribution in [-0.2, 0) is 27.1 Å². The lowest BCUT2D eigenvalue weighted by molar-refractivity contribution is -0.146. The summed E-state index contributed by atoms with van der Waals surface area (Å²) in [5, 5.41) is 0. The van der Waals surface area contributed by atoms with Gasteiger partial charge in [-0.15, -0.1) is 0 Å². The highest BCUT2D eigenvalue weighted by Crippen LogP contribution is 2.19. The van der Waals surface area contributed by atoms with Crippen LogP contribution < -0.4 is 4.72 Å². The molecule has 0 radical (unpaired) electrons. The van der Waals surface area contributed by atoms with E-state index in [9.17, 15) is 9.00 Å². The molecular weight excluding hydrogens is 370 g/mol. The maximum atomic E-state index is 12.4. The molecule has 0 aliphatic carbocycles. The second-order valence-electron chi connectivity index (χ2n) is 5.45. The first-order valence-corrected chi connectivity index (χ1v) is 9.83. The van der Waals surface area contributed by atoms with E-state index in [0.29, 0.717) is 10.2 Å². The van der Waals surface area contributed by atoms with Gasteiger partial charge in [-0.3, -0.25) is 4.79 Å². The predicted octanol–water partition coefficient (Wildman–Crippen LogP) is 2.95. The van der Waals surface area contributed by atoms with E-state index in [2.05, 4.69) is 14.1 Å². The summed E-state index contributed by atoms with van der Waals surface area (Å²) < 4.78 is 24.8. The minimum Gasteiger partial charge on any atom is -0.460 e. The number of carbonyl (C=O) groups is 1. The average molecular weight is 387 g/mol. The summed E-state index contributed by atoms with van der Waals surface area (Å²) in [6.45, 7) is 1.78. The molecule has 1 N–H and O–H groups in total. The number of carbonyl (C=O) groups excluding carboxylic acids is 1. The van der Waals surface area contributed by atoms with Crippen molar-refractivity contribution < 1.29 is 13.7 Å². The normalized spacial score (nSPS) is 13.1. The highest BCUT2D eigenvalue weighted by Gasteiger charge is 2.20. The maximum absolute atomic E-state index is 12.4. The number of nitrogens with one attached hydrogen (secondary N) is 1. The van der Waals surface area contributed by atoms with E-state index in [-0.39, 0.29) is 6.61 Å². The number of hydrogen-bond acceptors (Lipinski definition) is 6. The van der Waals surface area contributed by atoms with Crippen LogP contribution in [-0.4, -0.2) is 25.6 Å². The summed E-state index contributed by atoms with van der Waals surface area (Å²) in [7, 11) is -1.64. The highest BCUT2D eigenvalue weighted by atomic mass is 32.2. The monoisotopic (exact) mass is 387 g/mol. The van der Waals surface area contributed by atoms with E-state index in [0.717, 1.165) is 22.7 Å². The Morgan fingerprint density at radius 3 is 2.50 bits per heavy atom. The van der Waals surface area contributed by atoms with Crippen LogP contribution in [0.2, 0.25) is 0 Å². The Kier molecular flexibility index (Phi) is 6.21. The summed E-state index contributed by atoms with van der Waals surface area (Å²) in [6, 6.07) is 18.1. The molecule has 0 aliphatic rings. The molecule has 3 aromatic rings. The van der Waals surface area contributed by atoms with Crippen LogP contribution in [0.25, 0.3) is 11.4 Å². The Balaban J connectivity index is 1.55. The molecule has 2 aromatic carbocycles. The summed E-state index contributed by atoms with van der Waals surface area (Å²) in [5.74, 6) is 0.0371. The second-order valence-corrected chi connectivity index (χ2v) is 7.62. The topological polar surface area (TPSA) is 81.2 Å². The van der Waals surface area contributed by atoms with Crippen molar-refractivity contribution in [3.05, 3.63) is 66.2 Å². The number of nitrogens with zero attached hydrogens (tertiary/aromatic N) is 2. The quantitative estimate of drug-likeness (QED) is 0.631. The summed E-state index contributed by atoms with van der Waals surface area (Å²) >= 11 is 1.04. The van der Waals surface area contributed by atoms with Crippen LogP contribution >= 0.6 is 11.5 Å². The molecule has 0 bridgehead atoms. The first-order chi connectivity index (χ1) is 12.6. The molecule has 0 amide bonds. The molecule has 0 aliphatic heterocycles. The zero-order valence-electron chi connectivity index (χ0n) is 14.0. The van der Waals surface area contributed by atoms with Crippen molar-refractivity contribution in [2.75, 3.05) is 0 Å². The molecule has 0 saturated heterocycles. The van der Waals surface area contributed by atoms with Crippen molar-refractivity contribution in [3.8, 4) is 11.4 Å². The lowest BCUT2D eigenvalue weighted by atomic mass is 10.2. The fourth-order valence-corrected chi connectivity index (χ4v) is 3.75. The molecule has 1 heterocycles. The Bertz CT molecular complexity index is 885. The molecule has 0 spiro atoms. The standard InChI is InChI=1S/C18H17N3O3S2/c1-13(17(22)24-12-14-8-4-2-5-9-14)21-26(23)18-19-16(20-25-18)15-10-6-3-7-11-15/h2-11,13,21H,12H2,1H3.